The number of carbonyl (C=O) groups is 1. The van der Waals surface area contributed by atoms with E-state index in [1.807, 2.05) is 36.2 Å². The summed E-state index contributed by atoms with van der Waals surface area (Å²) in [5.74, 6) is 0.877. The molecule has 5 nitrogen and oxygen atoms in total. The fourth-order valence-electron chi connectivity index (χ4n) is 3.95. The molecule has 5 heteroatoms. The highest BCUT2D eigenvalue weighted by Gasteiger charge is 2.23. The van der Waals surface area contributed by atoms with Crippen LogP contribution >= 0.6 is 0 Å². The highest BCUT2D eigenvalue weighted by atomic mass is 16.5. The molecule has 1 aliphatic heterocycles. The zero-order valence-electron chi connectivity index (χ0n) is 17.0. The van der Waals surface area contributed by atoms with Crippen molar-refractivity contribution in [1.29, 1.82) is 0 Å². The number of pyridine rings is 1. The van der Waals surface area contributed by atoms with E-state index >= 15 is 0 Å². The number of benzene rings is 2. The van der Waals surface area contributed by atoms with E-state index in [0.717, 1.165) is 48.1 Å². The van der Waals surface area contributed by atoms with Crippen LogP contribution in [0.25, 0.3) is 22.0 Å². The van der Waals surface area contributed by atoms with Gasteiger partial charge < -0.3 is 15.0 Å². The molecule has 0 spiro atoms. The van der Waals surface area contributed by atoms with Gasteiger partial charge in [-0.2, -0.15) is 0 Å². The van der Waals surface area contributed by atoms with Crippen molar-refractivity contribution >= 4 is 16.9 Å². The van der Waals surface area contributed by atoms with Gasteiger partial charge in [0.25, 0.3) is 0 Å². The number of amides is 2. The lowest BCUT2D eigenvalue weighted by atomic mass is 9.98. The van der Waals surface area contributed by atoms with Crippen molar-refractivity contribution in [2.75, 3.05) is 19.6 Å². The van der Waals surface area contributed by atoms with Crippen LogP contribution in [0.1, 0.15) is 25.3 Å². The van der Waals surface area contributed by atoms with E-state index < -0.39 is 0 Å². The van der Waals surface area contributed by atoms with Gasteiger partial charge in [-0.15, -0.1) is 0 Å². The van der Waals surface area contributed by atoms with Crippen molar-refractivity contribution in [3.05, 3.63) is 60.3 Å². The van der Waals surface area contributed by atoms with Crippen LogP contribution in [0.5, 0.6) is 5.75 Å². The Kier molecular flexibility index (Phi) is 5.65. The third-order valence-corrected chi connectivity index (χ3v) is 5.55. The first-order valence-electron chi connectivity index (χ1n) is 10.3. The number of nitrogens with zero attached hydrogens (tertiary/aromatic N) is 2. The number of carbonyl (C=O) groups excluding carboxylic acids is 1. The minimum Gasteiger partial charge on any atom is -0.490 e. The van der Waals surface area contributed by atoms with Crippen molar-refractivity contribution in [2.45, 2.75) is 32.8 Å². The summed E-state index contributed by atoms with van der Waals surface area (Å²) in [5, 5.41) is 4.02. The maximum atomic E-state index is 11.9. The second-order valence-corrected chi connectivity index (χ2v) is 7.48. The van der Waals surface area contributed by atoms with Crippen LogP contribution in [0.4, 0.5) is 4.79 Å². The summed E-state index contributed by atoms with van der Waals surface area (Å²) in [6.45, 7) is 6.19. The smallest absolute Gasteiger partial charge is 0.317 e. The standard InChI is InChI=1S/C24H27N3O2/c1-3-25-24(28)27-15-12-21(13-16-27)29-20-9-6-18(7-10-20)22-11-8-19-5-4-14-26-23(19)17(22)2/h4-11,14,21H,3,12-13,15-16H2,1-2H3,(H,25,28). The molecule has 2 heterocycles. The van der Waals surface area contributed by atoms with E-state index in [4.69, 9.17) is 4.74 Å². The van der Waals surface area contributed by atoms with Crippen LogP contribution in [0, 0.1) is 6.92 Å². The molecule has 2 amide bonds. The molecular weight excluding hydrogens is 362 g/mol. The van der Waals surface area contributed by atoms with Gasteiger partial charge in [-0.25, -0.2) is 4.79 Å². The molecule has 0 saturated carbocycles. The van der Waals surface area contributed by atoms with Crippen LogP contribution in [0.15, 0.2) is 54.7 Å². The lowest BCUT2D eigenvalue weighted by Crippen LogP contribution is -2.46. The van der Waals surface area contributed by atoms with E-state index in [0.29, 0.717) is 6.54 Å². The average Bonchev–Trinajstić information content (AvgIpc) is 2.76. The van der Waals surface area contributed by atoms with Gasteiger partial charge in [0, 0.05) is 44.1 Å². The van der Waals surface area contributed by atoms with Gasteiger partial charge in [-0.3, -0.25) is 4.98 Å². The molecule has 0 bridgehead atoms. The van der Waals surface area contributed by atoms with Crippen LogP contribution in [0.2, 0.25) is 0 Å². The maximum absolute atomic E-state index is 11.9. The van der Waals surface area contributed by atoms with Gasteiger partial charge >= 0.3 is 6.03 Å². The maximum Gasteiger partial charge on any atom is 0.317 e. The SMILES string of the molecule is CCNC(=O)N1CCC(Oc2ccc(-c3ccc4cccnc4c3C)cc2)CC1. The normalized spacial score (nSPS) is 14.8. The van der Waals surface area contributed by atoms with Crippen LogP contribution in [0.3, 0.4) is 0 Å². The summed E-state index contributed by atoms with van der Waals surface area (Å²) < 4.78 is 6.16. The van der Waals surface area contributed by atoms with E-state index in [1.165, 1.54) is 11.1 Å². The molecule has 0 atom stereocenters. The molecule has 3 aromatic rings. The fourth-order valence-corrected chi connectivity index (χ4v) is 3.95. The largest absolute Gasteiger partial charge is 0.490 e. The van der Waals surface area contributed by atoms with Gasteiger partial charge in [0.05, 0.1) is 5.52 Å². The summed E-state index contributed by atoms with van der Waals surface area (Å²) in [5.41, 5.74) is 4.59. The first-order valence-corrected chi connectivity index (χ1v) is 10.3. The highest BCUT2D eigenvalue weighted by Crippen LogP contribution is 2.30. The van der Waals surface area contributed by atoms with Crippen LogP contribution < -0.4 is 10.1 Å². The van der Waals surface area contributed by atoms with Gasteiger partial charge in [-0.05, 0) is 48.7 Å². The van der Waals surface area contributed by atoms with Gasteiger partial charge in [0.2, 0.25) is 0 Å². The first-order chi connectivity index (χ1) is 14.2. The molecule has 4 rings (SSSR count). The molecule has 1 fully saturated rings. The first kappa shape index (κ1) is 19.2. The van der Waals surface area contributed by atoms with E-state index in [-0.39, 0.29) is 12.1 Å². The Bertz CT molecular complexity index is 993. The van der Waals surface area contributed by atoms with Crippen molar-refractivity contribution in [2.24, 2.45) is 0 Å². The summed E-state index contributed by atoms with van der Waals surface area (Å²) in [7, 11) is 0. The molecule has 2 aromatic carbocycles. The summed E-state index contributed by atoms with van der Waals surface area (Å²) in [6, 6.07) is 16.6. The Morgan fingerprint density at radius 3 is 2.62 bits per heavy atom. The molecule has 0 unspecified atom stereocenters. The third-order valence-electron chi connectivity index (χ3n) is 5.55. The molecule has 1 aliphatic rings. The molecular formula is C24H27N3O2. The Balaban J connectivity index is 1.42. The number of ether oxygens (including phenoxy) is 1. The summed E-state index contributed by atoms with van der Waals surface area (Å²) >= 11 is 0. The number of aromatic nitrogens is 1. The Morgan fingerprint density at radius 2 is 1.90 bits per heavy atom. The lowest BCUT2D eigenvalue weighted by Gasteiger charge is -2.32. The van der Waals surface area contributed by atoms with Crippen molar-refractivity contribution in [1.82, 2.24) is 15.2 Å². The second kappa shape index (κ2) is 8.52. The Labute approximate surface area is 171 Å². The van der Waals surface area contributed by atoms with E-state index in [9.17, 15) is 4.79 Å². The molecule has 1 N–H and O–H groups in total. The monoisotopic (exact) mass is 389 g/mol. The van der Waals surface area contributed by atoms with Crippen molar-refractivity contribution < 1.29 is 9.53 Å². The number of rotatable bonds is 4. The van der Waals surface area contributed by atoms with Gasteiger partial charge in [0.15, 0.2) is 0 Å². The highest BCUT2D eigenvalue weighted by molar-refractivity contribution is 5.88. The summed E-state index contributed by atoms with van der Waals surface area (Å²) in [4.78, 5) is 18.3. The molecule has 29 heavy (non-hydrogen) atoms. The Morgan fingerprint density at radius 1 is 1.14 bits per heavy atom. The number of hydrogen-bond donors (Lipinski definition) is 1. The zero-order chi connectivity index (χ0) is 20.2. The third kappa shape index (κ3) is 4.19. The predicted molar refractivity (Wildman–Crippen MR) is 116 cm³/mol. The Hall–Kier alpha value is -3.08. The quantitative estimate of drug-likeness (QED) is 0.698. The number of fused-ring (bicyclic) bond motifs is 1. The zero-order valence-corrected chi connectivity index (χ0v) is 17.0. The average molecular weight is 389 g/mol. The molecule has 1 saturated heterocycles. The molecule has 0 radical (unpaired) electrons. The second-order valence-electron chi connectivity index (χ2n) is 7.48. The fraction of sp³-hybridized carbons (Fsp3) is 0.333. The number of hydrogen-bond acceptors (Lipinski definition) is 3. The van der Waals surface area contributed by atoms with Gasteiger partial charge in [0.1, 0.15) is 11.9 Å². The number of aryl methyl sites for hydroxylation is 1. The summed E-state index contributed by atoms with van der Waals surface area (Å²) in [6.07, 6.45) is 3.70. The molecule has 1 aromatic heterocycles. The minimum atomic E-state index is 0.0237. The number of urea groups is 1. The number of piperidine rings is 1. The minimum absolute atomic E-state index is 0.0237. The van der Waals surface area contributed by atoms with Crippen LogP contribution in [-0.2, 0) is 0 Å². The van der Waals surface area contributed by atoms with Crippen molar-refractivity contribution in [3.8, 4) is 16.9 Å². The number of nitrogens with one attached hydrogen (secondary N) is 1. The molecule has 150 valence electrons. The molecule has 0 aliphatic carbocycles. The predicted octanol–water partition coefficient (Wildman–Crippen LogP) is 4.78. The van der Waals surface area contributed by atoms with E-state index in [1.54, 1.807) is 0 Å². The van der Waals surface area contributed by atoms with Crippen LogP contribution in [-0.4, -0.2) is 41.7 Å². The van der Waals surface area contributed by atoms with Crippen molar-refractivity contribution in [3.63, 3.8) is 0 Å². The number of likely N-dealkylation sites (tertiary alicyclic amines) is 1. The lowest BCUT2D eigenvalue weighted by molar-refractivity contribution is 0.111. The topological polar surface area (TPSA) is 54.5 Å². The van der Waals surface area contributed by atoms with E-state index in [2.05, 4.69) is 47.6 Å². The van der Waals surface area contributed by atoms with Gasteiger partial charge in [-0.1, -0.05) is 30.3 Å².